The molecule has 1 atom stereocenters. The number of rotatable bonds is 6. The van der Waals surface area contributed by atoms with Crippen LogP contribution < -0.4 is 9.80 Å². The van der Waals surface area contributed by atoms with Crippen LogP contribution in [0.5, 0.6) is 0 Å². The number of carbonyl (C=O) groups is 2. The summed E-state index contributed by atoms with van der Waals surface area (Å²) in [5.74, 6) is -1.03. The molecule has 2 aliphatic heterocycles. The van der Waals surface area contributed by atoms with E-state index in [0.29, 0.717) is 49.7 Å². The van der Waals surface area contributed by atoms with Crippen molar-refractivity contribution in [2.75, 3.05) is 49.1 Å². The van der Waals surface area contributed by atoms with Crippen LogP contribution in [-0.4, -0.2) is 72.0 Å². The van der Waals surface area contributed by atoms with Crippen molar-refractivity contribution in [3.05, 3.63) is 63.5 Å². The molecule has 0 spiro atoms. The van der Waals surface area contributed by atoms with Gasteiger partial charge in [-0.05, 0) is 44.0 Å². The van der Waals surface area contributed by atoms with E-state index in [0.717, 1.165) is 12.8 Å². The summed E-state index contributed by atoms with van der Waals surface area (Å²) in [6, 6.07) is 8.51. The number of amides is 1. The minimum absolute atomic E-state index is 0.0583. The summed E-state index contributed by atoms with van der Waals surface area (Å²) in [5, 5.41) is 21.1. The number of aliphatic hydroxyl groups excluding tert-OH is 1. The summed E-state index contributed by atoms with van der Waals surface area (Å²) in [7, 11) is 0. The number of anilines is 2. The van der Waals surface area contributed by atoms with E-state index in [1.165, 1.54) is 25.1 Å². The van der Waals surface area contributed by atoms with Crippen LogP contribution in [0.3, 0.4) is 0 Å². The first-order valence-electron chi connectivity index (χ1n) is 11.3. The van der Waals surface area contributed by atoms with Crippen molar-refractivity contribution in [2.24, 2.45) is 0 Å². The van der Waals surface area contributed by atoms with Crippen molar-refractivity contribution in [2.45, 2.75) is 25.8 Å². The molecule has 0 aromatic heterocycles. The summed E-state index contributed by atoms with van der Waals surface area (Å²) >= 11 is 0. The third-order valence-electron chi connectivity index (χ3n) is 6.58. The quantitative estimate of drug-likeness (QED) is 0.393. The molecule has 2 saturated heterocycles. The van der Waals surface area contributed by atoms with Crippen LogP contribution in [0.15, 0.2) is 36.4 Å². The zero-order valence-corrected chi connectivity index (χ0v) is 18.9. The predicted octanol–water partition coefficient (Wildman–Crippen LogP) is 2.86. The number of halogens is 1. The van der Waals surface area contributed by atoms with Gasteiger partial charge in [0.15, 0.2) is 5.78 Å². The van der Waals surface area contributed by atoms with Crippen LogP contribution in [-0.2, 0) is 0 Å². The average molecular weight is 471 g/mol. The molecular formula is C24H27FN4O5. The number of hydrogen-bond acceptors (Lipinski definition) is 7. The lowest BCUT2D eigenvalue weighted by molar-refractivity contribution is -0.384. The van der Waals surface area contributed by atoms with E-state index in [9.17, 15) is 29.2 Å². The second-order valence-electron chi connectivity index (χ2n) is 8.63. The minimum atomic E-state index is -0.528. The number of nitrogens with zero attached hydrogens (tertiary/aromatic N) is 4. The lowest BCUT2D eigenvalue weighted by Gasteiger charge is -2.37. The maximum absolute atomic E-state index is 14.6. The molecule has 2 heterocycles. The van der Waals surface area contributed by atoms with Crippen molar-refractivity contribution in [3.8, 4) is 0 Å². The topological polar surface area (TPSA) is 107 Å². The van der Waals surface area contributed by atoms with Crippen LogP contribution in [0.1, 0.15) is 40.5 Å². The first kappa shape index (κ1) is 23.6. The SMILES string of the molecule is CC(=O)c1ccc(N2CCN(C(=O)c3cc([N+](=O)[O-])ccc3N3CCCC3CO)CC2)c(F)c1. The molecule has 180 valence electrons. The van der Waals surface area contributed by atoms with Gasteiger partial charge in [-0.25, -0.2) is 4.39 Å². The lowest BCUT2D eigenvalue weighted by atomic mass is 10.1. The van der Waals surface area contributed by atoms with Crippen molar-refractivity contribution in [3.63, 3.8) is 0 Å². The number of non-ortho nitro benzene ring substituents is 1. The highest BCUT2D eigenvalue weighted by Gasteiger charge is 2.31. The van der Waals surface area contributed by atoms with Crippen molar-refractivity contribution in [1.82, 2.24) is 4.90 Å². The molecule has 10 heteroatoms. The maximum Gasteiger partial charge on any atom is 0.270 e. The molecule has 0 bridgehead atoms. The van der Waals surface area contributed by atoms with Crippen LogP contribution in [0, 0.1) is 15.9 Å². The van der Waals surface area contributed by atoms with E-state index in [1.54, 1.807) is 23.1 Å². The highest BCUT2D eigenvalue weighted by atomic mass is 19.1. The molecular weight excluding hydrogens is 443 g/mol. The van der Waals surface area contributed by atoms with E-state index < -0.39 is 10.7 Å². The van der Waals surface area contributed by atoms with Gasteiger partial charge in [0.2, 0.25) is 0 Å². The first-order chi connectivity index (χ1) is 16.3. The Morgan fingerprint density at radius 3 is 2.41 bits per heavy atom. The molecule has 2 aromatic rings. The Morgan fingerprint density at radius 2 is 1.79 bits per heavy atom. The predicted molar refractivity (Wildman–Crippen MR) is 125 cm³/mol. The van der Waals surface area contributed by atoms with Crippen molar-refractivity contribution < 1.29 is 24.0 Å². The van der Waals surface area contributed by atoms with Crippen LogP contribution in [0.4, 0.5) is 21.5 Å². The zero-order valence-electron chi connectivity index (χ0n) is 18.9. The number of ketones is 1. The second kappa shape index (κ2) is 9.76. The lowest BCUT2D eigenvalue weighted by Crippen LogP contribution is -2.49. The van der Waals surface area contributed by atoms with Gasteiger partial charge in [0.05, 0.1) is 34.5 Å². The maximum atomic E-state index is 14.6. The van der Waals surface area contributed by atoms with Crippen LogP contribution in [0.2, 0.25) is 0 Å². The second-order valence-corrected chi connectivity index (χ2v) is 8.63. The molecule has 34 heavy (non-hydrogen) atoms. The van der Waals surface area contributed by atoms with Gasteiger partial charge in [-0.2, -0.15) is 0 Å². The first-order valence-corrected chi connectivity index (χ1v) is 11.3. The minimum Gasteiger partial charge on any atom is -0.394 e. The average Bonchev–Trinajstić information content (AvgIpc) is 3.32. The third-order valence-corrected chi connectivity index (χ3v) is 6.58. The van der Waals surface area contributed by atoms with Crippen molar-refractivity contribution >= 4 is 28.8 Å². The number of piperazine rings is 1. The van der Waals surface area contributed by atoms with E-state index >= 15 is 0 Å². The van der Waals surface area contributed by atoms with Gasteiger partial charge in [0.25, 0.3) is 11.6 Å². The molecule has 1 unspecified atom stereocenters. The Balaban J connectivity index is 1.54. The number of nitro benzene ring substituents is 1. The zero-order chi connectivity index (χ0) is 24.4. The molecule has 9 nitrogen and oxygen atoms in total. The Kier molecular flexibility index (Phi) is 6.78. The number of nitro groups is 1. The number of hydrogen-bond donors (Lipinski definition) is 1. The smallest absolute Gasteiger partial charge is 0.270 e. The fourth-order valence-electron chi connectivity index (χ4n) is 4.71. The molecule has 2 fully saturated rings. The van der Waals surface area contributed by atoms with Crippen molar-refractivity contribution in [1.29, 1.82) is 0 Å². The van der Waals surface area contributed by atoms with E-state index in [-0.39, 0.29) is 35.6 Å². The molecule has 4 rings (SSSR count). The largest absolute Gasteiger partial charge is 0.394 e. The van der Waals surface area contributed by atoms with Gasteiger partial charge in [-0.15, -0.1) is 0 Å². The standard InChI is InChI=1S/C24H27FN4O5/c1-16(31)17-4-6-23(21(25)13-17)26-9-11-27(12-10-26)24(32)20-14-18(29(33)34)5-7-22(20)28-8-2-3-19(28)15-30/h4-7,13-14,19,30H,2-3,8-12,15H2,1H3. The van der Waals surface area contributed by atoms with Gasteiger partial charge in [-0.3, -0.25) is 19.7 Å². The molecule has 0 aliphatic carbocycles. The van der Waals surface area contributed by atoms with Gasteiger partial charge >= 0.3 is 0 Å². The third kappa shape index (κ3) is 4.58. The highest BCUT2D eigenvalue weighted by molar-refractivity contribution is 6.01. The van der Waals surface area contributed by atoms with Gasteiger partial charge in [-0.1, -0.05) is 0 Å². The molecule has 1 N–H and O–H groups in total. The number of carbonyl (C=O) groups excluding carboxylic acids is 2. The van der Waals surface area contributed by atoms with Gasteiger partial charge in [0.1, 0.15) is 5.82 Å². The molecule has 0 saturated carbocycles. The number of Topliss-reactive ketones (excluding diaryl/α,β-unsaturated/α-hetero) is 1. The van der Waals surface area contributed by atoms with E-state index in [1.807, 2.05) is 9.80 Å². The van der Waals surface area contributed by atoms with E-state index in [4.69, 9.17) is 0 Å². The summed E-state index contributed by atoms with van der Waals surface area (Å²) in [6.07, 6.45) is 1.65. The summed E-state index contributed by atoms with van der Waals surface area (Å²) in [5.41, 5.74) is 1.32. The normalized spacial score (nSPS) is 18.3. The van der Waals surface area contributed by atoms with E-state index in [2.05, 4.69) is 0 Å². The molecule has 2 aliphatic rings. The summed E-state index contributed by atoms with van der Waals surface area (Å²) < 4.78 is 14.6. The fourth-order valence-corrected chi connectivity index (χ4v) is 4.71. The Bertz CT molecular complexity index is 1120. The monoisotopic (exact) mass is 470 g/mol. The number of benzene rings is 2. The summed E-state index contributed by atoms with van der Waals surface area (Å²) in [6.45, 7) is 3.39. The number of aliphatic hydroxyl groups is 1. The van der Waals surface area contributed by atoms with Gasteiger partial charge < -0.3 is 19.8 Å². The Morgan fingerprint density at radius 1 is 1.09 bits per heavy atom. The van der Waals surface area contributed by atoms with Gasteiger partial charge in [0, 0.05) is 50.4 Å². The summed E-state index contributed by atoms with van der Waals surface area (Å²) in [4.78, 5) is 41.2. The Labute approximate surface area is 196 Å². The van der Waals surface area contributed by atoms with Crippen LogP contribution >= 0.6 is 0 Å². The molecule has 0 radical (unpaired) electrons. The fraction of sp³-hybridized carbons (Fsp3) is 0.417. The van der Waals surface area contributed by atoms with Crippen LogP contribution in [0.25, 0.3) is 0 Å². The molecule has 2 aromatic carbocycles. The Hall–Kier alpha value is -3.53. The highest BCUT2D eigenvalue weighted by Crippen LogP contribution is 2.32. The molecule has 1 amide bonds.